The van der Waals surface area contributed by atoms with Crippen molar-refractivity contribution in [2.75, 3.05) is 0 Å². The van der Waals surface area contributed by atoms with Gasteiger partial charge in [0.1, 0.15) is 58.5 Å². The van der Waals surface area contributed by atoms with Crippen LogP contribution in [0.5, 0.6) is 0 Å². The Morgan fingerprint density at radius 1 is 0.449 bits per heavy atom. The fraction of sp³-hybridized carbons (Fsp3) is 0.500. The van der Waals surface area contributed by atoms with Gasteiger partial charge in [0, 0.05) is 104 Å². The van der Waals surface area contributed by atoms with E-state index in [0.29, 0.717) is 82.8 Å². The lowest BCUT2D eigenvalue weighted by atomic mass is 9.81. The lowest BCUT2D eigenvalue weighted by molar-refractivity contribution is -0.145. The van der Waals surface area contributed by atoms with Crippen LogP contribution in [0.3, 0.4) is 0 Å². The molecule has 4 aliphatic carbocycles. The first kappa shape index (κ1) is 111. The molecule has 20 rings (SSSR count). The van der Waals surface area contributed by atoms with Gasteiger partial charge in [-0.2, -0.15) is 43.8 Å². The number of carboxylic acid groups (broad SMARTS) is 1. The molecule has 4 saturated carbocycles. The van der Waals surface area contributed by atoms with Gasteiger partial charge in [0.05, 0.1) is 34.4 Å². The predicted octanol–water partition coefficient (Wildman–Crippen LogP) is 18.2. The summed E-state index contributed by atoms with van der Waals surface area (Å²) in [4.78, 5) is 127. The number of ketones is 3. The molecule has 138 heavy (non-hydrogen) atoms. The van der Waals surface area contributed by atoms with Crippen LogP contribution >= 0.6 is 78.3 Å². The molecule has 48 heteroatoms. The van der Waals surface area contributed by atoms with Crippen molar-refractivity contribution in [3.8, 4) is 22.5 Å². The topological polar surface area (TPSA) is 410 Å². The number of nitrogens with two attached hydrogens (primary N) is 1. The lowest BCUT2D eigenvalue weighted by Gasteiger charge is -2.29. The van der Waals surface area contributed by atoms with Crippen molar-refractivity contribution in [3.63, 3.8) is 0 Å². The fourth-order valence-corrected chi connectivity index (χ4v) is 20.6. The number of sulfonamides is 1. The maximum atomic E-state index is 13.3. The highest BCUT2D eigenvalue weighted by molar-refractivity contribution is 9.10. The molecule has 3 amide bonds. The molecular formula is C90H100BBr2Cl4F10N15O15S. The first-order valence-corrected chi connectivity index (χ1v) is 48.1. The number of alkyl halides is 9. The number of Topliss-reactive ketones (excluding diaryl/α,β-unsaturated/α-hetero) is 3. The summed E-state index contributed by atoms with van der Waals surface area (Å²) >= 11 is 30.3. The molecule has 12 fully saturated rings. The van der Waals surface area contributed by atoms with Gasteiger partial charge in [-0.3, -0.25) is 29.1 Å². The van der Waals surface area contributed by atoms with Crippen molar-refractivity contribution in [2.45, 2.75) is 268 Å². The van der Waals surface area contributed by atoms with Crippen LogP contribution in [-0.4, -0.2) is 206 Å². The zero-order valence-electron chi connectivity index (χ0n) is 76.2. The third-order valence-corrected chi connectivity index (χ3v) is 26.3. The van der Waals surface area contributed by atoms with Gasteiger partial charge in [0.15, 0.2) is 17.3 Å². The van der Waals surface area contributed by atoms with E-state index < -0.39 is 112 Å². The highest BCUT2D eigenvalue weighted by Crippen LogP contribution is 2.52. The number of nitrogens with zero attached hydrogens (tertiary/aromatic N) is 14. The first-order valence-electron chi connectivity index (χ1n) is 43.6. The molecule has 8 aromatic rings. The summed E-state index contributed by atoms with van der Waals surface area (Å²) in [6.45, 7) is 21.0. The maximum Gasteiger partial charge on any atom is 0.491 e. The highest BCUT2D eigenvalue weighted by atomic mass is 79.9. The van der Waals surface area contributed by atoms with Crippen LogP contribution in [-0.2, 0) is 87.7 Å². The number of rotatable bonds is 19. The van der Waals surface area contributed by atoms with Gasteiger partial charge in [-0.25, -0.2) is 81.8 Å². The predicted molar refractivity (Wildman–Crippen MR) is 494 cm³/mol. The van der Waals surface area contributed by atoms with Crippen molar-refractivity contribution in [3.05, 3.63) is 185 Å². The molecule has 8 bridgehead atoms. The highest BCUT2D eigenvalue weighted by Gasteiger charge is 2.61. The maximum absolute atomic E-state index is 13.3. The number of ether oxygens (including phenoxy) is 3. The van der Waals surface area contributed by atoms with Gasteiger partial charge in [0.25, 0.3) is 0 Å². The van der Waals surface area contributed by atoms with Gasteiger partial charge in [-0.05, 0) is 284 Å². The van der Waals surface area contributed by atoms with Crippen LogP contribution in [0.2, 0.25) is 20.6 Å². The Bertz CT molecular complexity index is 5750. The van der Waals surface area contributed by atoms with Crippen molar-refractivity contribution < 1.29 is 115 Å². The van der Waals surface area contributed by atoms with Crippen molar-refractivity contribution in [1.29, 1.82) is 0 Å². The van der Waals surface area contributed by atoms with E-state index in [0.717, 1.165) is 91.2 Å². The Morgan fingerprint density at radius 3 is 1.06 bits per heavy atom. The van der Waals surface area contributed by atoms with E-state index in [1.54, 1.807) is 81.7 Å². The minimum absolute atomic E-state index is 0.0205. The summed E-state index contributed by atoms with van der Waals surface area (Å²) in [6.07, 6.45) is -0.625. The molecule has 8 saturated heterocycles. The molecule has 7 aromatic heterocycles. The molecular weight excluding hydrogens is 2070 g/mol. The second-order valence-electron chi connectivity index (χ2n) is 36.8. The van der Waals surface area contributed by atoms with E-state index in [-0.39, 0.29) is 134 Å². The van der Waals surface area contributed by atoms with E-state index in [4.69, 9.17) is 81.5 Å². The van der Waals surface area contributed by atoms with Crippen LogP contribution in [0, 0.1) is 29.5 Å². The summed E-state index contributed by atoms with van der Waals surface area (Å²) in [5.41, 5.74) is 7.68. The normalized spacial score (nSPS) is 21.3. The van der Waals surface area contributed by atoms with Gasteiger partial charge in [-0.1, -0.05) is 66.7 Å². The fourth-order valence-electron chi connectivity index (χ4n) is 16.7. The molecule has 0 radical (unpaired) electrons. The van der Waals surface area contributed by atoms with E-state index in [1.165, 1.54) is 33.8 Å². The number of amides is 3. The number of aromatic nitrogens is 10. The monoisotopic (exact) mass is 2160 g/mol. The molecule has 4 atom stereocenters. The lowest BCUT2D eigenvalue weighted by Crippen LogP contribution is -2.44. The number of fused-ring (bicyclic) bond motifs is 4. The van der Waals surface area contributed by atoms with E-state index in [1.807, 2.05) is 32.9 Å². The molecule has 30 nitrogen and oxygen atoms in total. The number of halogens is 16. The van der Waals surface area contributed by atoms with Crippen molar-refractivity contribution in [1.82, 2.24) is 68.8 Å². The molecule has 8 aliphatic heterocycles. The summed E-state index contributed by atoms with van der Waals surface area (Å²) in [6, 6.07) is 15.7. The zero-order chi connectivity index (χ0) is 102. The number of hydrogen-bond donors (Lipinski definition) is 4. The average Bonchev–Trinajstić information content (AvgIpc) is 1.58. The van der Waals surface area contributed by atoms with Gasteiger partial charge in [0.2, 0.25) is 27.5 Å². The van der Waals surface area contributed by atoms with E-state index in [9.17, 15) is 85.9 Å². The molecule has 3 unspecified atom stereocenters. The SMILES string of the molecule is CC(C)(C)OC(=O)N1C2CC(C2)C1C(=O)CCc1cc(Cl)nc(-c2cnc(C(F)(F)F)nc2)c1.CC(C)(C)OC(=O)N1C2CC(C2)C1C(=O)CCc1cc(Cl)nc(Br)c1.CC(C)(C)OC(=O)N1C2CC(C2)C1C(=O)O.CCC.NCc1cc(Cl)nc(Br)c1.O=C(CCc1cc(Cl)nc(-c2cnc(C(F)(F)F)nc2)c1)[C@@H]1C2CC(C2)N1S(=O)(=O)c1ccc(F)cc1.OB(O)c1cnc(C(F)(F)F)nc1. The van der Waals surface area contributed by atoms with Crippen LogP contribution in [0.15, 0.2) is 124 Å². The number of benzene rings is 1. The standard InChI is InChI=1S/C24H19ClF4N4O3S.C23H24ClF3N4O3.C18H22BrClN2O3.C11H17NO4.C6H6BrClN2.C5H4BF3N2O2.C3H8/c25-21-8-13(7-19(32-21)15-11-30-23(31-12-15)24(27,28)29)1-6-20(34)22-14-9-17(10-14)33(22)37(35,36)18-4-2-16(26)3-5-18;1-22(2,3)34-21(33)31-15-8-13(9-15)19(31)17(32)5-4-12-6-16(30-18(24)7-12)14-10-28-20(29-11-14)23(25,26)27;1-18(2,3)25-17(24)22-12-8-11(9-12)16(22)13(23)5-4-10-6-14(19)21-15(20)7-10;1-11(2,3)16-10(15)12-7-4-6(5-7)8(12)9(13)14;7-5-1-4(3-9)2-6(8)10-5;7-5(8,9)4-10-1-3(2-11-4)6(12)13;1-3-2/h2-5,7-8,11-12,14,17,22H,1,6,9-10H2;6-7,10-11,13,15,19H,4-5,8-9H2,1-3H3;6-7,11-12,16H,4-5,8-9H2,1-3H3;6-8H,4-5H2,1-3H3,(H,13,14);1-2H,3,9H2;1-2,12-13H;3H2,1-2H3/t14?,17?,22-;;;;;;/m0....../s1. The van der Waals surface area contributed by atoms with Gasteiger partial charge < -0.3 is 35.1 Å². The second-order valence-corrected chi connectivity index (χ2v) is 41.8. The minimum atomic E-state index is -4.68. The van der Waals surface area contributed by atoms with Gasteiger partial charge >= 0.3 is 49.9 Å². The molecule has 15 heterocycles. The quantitative estimate of drug-likeness (QED) is 0.0253. The van der Waals surface area contributed by atoms with Crippen LogP contribution in [0.1, 0.15) is 193 Å². The Labute approximate surface area is 825 Å². The summed E-state index contributed by atoms with van der Waals surface area (Å²) in [7, 11) is -5.84. The first-order chi connectivity index (χ1) is 64.2. The Balaban J connectivity index is 0.000000179. The third kappa shape index (κ3) is 29.4. The van der Waals surface area contributed by atoms with E-state index >= 15 is 0 Å². The number of hydrogen-bond acceptors (Lipinski definition) is 25. The van der Waals surface area contributed by atoms with E-state index in [2.05, 4.69) is 95.5 Å². The molecule has 5 N–H and O–H groups in total. The number of aryl methyl sites for hydroxylation is 3. The number of carbonyl (C=O) groups is 7. The molecule has 0 spiro atoms. The van der Waals surface area contributed by atoms with Crippen LogP contribution in [0.25, 0.3) is 22.5 Å². The number of carbonyl (C=O) groups excluding carboxylic acids is 6. The third-order valence-electron chi connectivity index (χ3n) is 22.7. The average molecular weight is 2170 g/mol. The summed E-state index contributed by atoms with van der Waals surface area (Å²) < 4.78 is 171. The Morgan fingerprint density at radius 2 is 0.739 bits per heavy atom. The largest absolute Gasteiger partial charge is 0.491 e. The Hall–Kier alpha value is -9.38. The minimum Gasteiger partial charge on any atom is -0.480 e. The molecule has 746 valence electrons. The number of aliphatic carboxylic acids is 1. The van der Waals surface area contributed by atoms with Gasteiger partial charge in [-0.15, -0.1) is 0 Å². The summed E-state index contributed by atoms with van der Waals surface area (Å²) in [5.74, 6) is -5.05. The molecule has 12 aliphatic rings. The smallest absolute Gasteiger partial charge is 0.480 e. The summed E-state index contributed by atoms with van der Waals surface area (Å²) in [5, 5.41) is 27.2. The number of pyridine rings is 4. The molecule has 1 aromatic carbocycles. The number of carboxylic acids is 1. The Kier molecular flexibility index (Phi) is 36.6. The second kappa shape index (κ2) is 45.7. The van der Waals surface area contributed by atoms with Crippen molar-refractivity contribution >= 4 is 142 Å². The van der Waals surface area contributed by atoms with Crippen LogP contribution in [0.4, 0.5) is 58.3 Å². The zero-order valence-corrected chi connectivity index (χ0v) is 83.3. The van der Waals surface area contributed by atoms with Crippen LogP contribution < -0.4 is 11.2 Å². The van der Waals surface area contributed by atoms with Crippen molar-refractivity contribution in [2.24, 2.45) is 29.4 Å².